The van der Waals surface area contributed by atoms with E-state index < -0.39 is 0 Å². The van der Waals surface area contributed by atoms with Gasteiger partial charge in [0, 0.05) is 5.92 Å². The highest BCUT2D eigenvalue weighted by molar-refractivity contribution is 5.36. The number of aryl methyl sites for hydroxylation is 1. The molecule has 0 aromatic heterocycles. The van der Waals surface area contributed by atoms with Crippen LogP contribution in [0.3, 0.4) is 0 Å². The van der Waals surface area contributed by atoms with Crippen LogP contribution in [0.25, 0.3) is 0 Å². The molecule has 1 aliphatic rings. The van der Waals surface area contributed by atoms with Gasteiger partial charge < -0.3 is 4.74 Å². The molecule has 1 aliphatic carbocycles. The number of benzene rings is 1. The summed E-state index contributed by atoms with van der Waals surface area (Å²) in [6.07, 6.45) is 2.57. The van der Waals surface area contributed by atoms with E-state index >= 15 is 0 Å². The van der Waals surface area contributed by atoms with Crippen molar-refractivity contribution < 1.29 is 4.74 Å². The molecule has 0 radical (unpaired) electrons. The maximum Gasteiger partial charge on any atom is 0.0642 e. The third-order valence-electron chi connectivity index (χ3n) is 3.49. The van der Waals surface area contributed by atoms with E-state index in [1.165, 1.54) is 11.1 Å². The SMILES string of the molecule is CC(C)OCC(NN)C1CCc2ccccc21. The molecule has 2 atom stereocenters. The van der Waals surface area contributed by atoms with Crippen LogP contribution in [0, 0.1) is 0 Å². The quantitative estimate of drug-likeness (QED) is 0.605. The predicted molar refractivity (Wildman–Crippen MR) is 69.7 cm³/mol. The van der Waals surface area contributed by atoms with Gasteiger partial charge >= 0.3 is 0 Å². The van der Waals surface area contributed by atoms with Gasteiger partial charge in [-0.15, -0.1) is 0 Å². The first-order valence-electron chi connectivity index (χ1n) is 6.38. The third-order valence-corrected chi connectivity index (χ3v) is 3.49. The molecule has 3 nitrogen and oxygen atoms in total. The van der Waals surface area contributed by atoms with Gasteiger partial charge in [-0.25, -0.2) is 0 Å². The van der Waals surface area contributed by atoms with Gasteiger partial charge in [0.25, 0.3) is 0 Å². The summed E-state index contributed by atoms with van der Waals surface area (Å²) in [5.74, 6) is 6.15. The summed E-state index contributed by atoms with van der Waals surface area (Å²) in [5.41, 5.74) is 5.81. The summed E-state index contributed by atoms with van der Waals surface area (Å²) in [6.45, 7) is 4.78. The summed E-state index contributed by atoms with van der Waals surface area (Å²) in [6, 6.07) is 8.85. The van der Waals surface area contributed by atoms with Gasteiger partial charge in [0.15, 0.2) is 0 Å². The van der Waals surface area contributed by atoms with Crippen LogP contribution in [0.2, 0.25) is 0 Å². The Morgan fingerprint density at radius 3 is 2.88 bits per heavy atom. The van der Waals surface area contributed by atoms with Crippen molar-refractivity contribution in [1.82, 2.24) is 5.43 Å². The fourth-order valence-electron chi connectivity index (χ4n) is 2.58. The Labute approximate surface area is 103 Å². The van der Waals surface area contributed by atoms with E-state index in [9.17, 15) is 0 Å². The lowest BCUT2D eigenvalue weighted by molar-refractivity contribution is 0.0556. The Morgan fingerprint density at radius 1 is 1.41 bits per heavy atom. The maximum atomic E-state index is 5.68. The molecule has 2 rings (SSSR count). The fraction of sp³-hybridized carbons (Fsp3) is 0.571. The van der Waals surface area contributed by atoms with E-state index in [1.807, 2.05) is 0 Å². The largest absolute Gasteiger partial charge is 0.377 e. The zero-order chi connectivity index (χ0) is 12.3. The first-order chi connectivity index (χ1) is 8.22. The molecule has 0 aliphatic heterocycles. The molecule has 0 saturated heterocycles. The lowest BCUT2D eigenvalue weighted by atomic mass is 9.94. The summed E-state index contributed by atoms with van der Waals surface area (Å²) in [5, 5.41) is 0. The van der Waals surface area contributed by atoms with Crippen molar-refractivity contribution in [2.45, 2.75) is 44.8 Å². The Bertz CT molecular complexity index is 365. The standard InChI is InChI=1S/C14H22N2O/c1-10(2)17-9-14(16-15)13-8-7-11-5-3-4-6-12(11)13/h3-6,10,13-14,16H,7-9,15H2,1-2H3. The van der Waals surface area contributed by atoms with Crippen molar-refractivity contribution in [3.05, 3.63) is 35.4 Å². The van der Waals surface area contributed by atoms with Crippen molar-refractivity contribution in [2.24, 2.45) is 5.84 Å². The third kappa shape index (κ3) is 2.86. The number of hydrogen-bond donors (Lipinski definition) is 2. The minimum absolute atomic E-state index is 0.209. The van der Waals surface area contributed by atoms with Crippen molar-refractivity contribution in [3.8, 4) is 0 Å². The maximum absolute atomic E-state index is 5.68. The molecule has 3 N–H and O–H groups in total. The zero-order valence-corrected chi connectivity index (χ0v) is 10.6. The highest BCUT2D eigenvalue weighted by Crippen LogP contribution is 2.35. The van der Waals surface area contributed by atoms with Crippen LogP contribution in [-0.4, -0.2) is 18.8 Å². The van der Waals surface area contributed by atoms with E-state index in [0.29, 0.717) is 12.5 Å². The molecule has 94 valence electrons. The predicted octanol–water partition coefficient (Wildman–Crippen LogP) is 1.97. The summed E-state index contributed by atoms with van der Waals surface area (Å²) in [4.78, 5) is 0. The topological polar surface area (TPSA) is 47.3 Å². The molecule has 0 saturated carbocycles. The number of rotatable bonds is 5. The smallest absolute Gasteiger partial charge is 0.0642 e. The number of hydrazine groups is 1. The monoisotopic (exact) mass is 234 g/mol. The summed E-state index contributed by atoms with van der Waals surface area (Å²) in [7, 11) is 0. The number of ether oxygens (including phenoxy) is 1. The van der Waals surface area contributed by atoms with Crippen LogP contribution >= 0.6 is 0 Å². The van der Waals surface area contributed by atoms with E-state index in [2.05, 4.69) is 43.5 Å². The van der Waals surface area contributed by atoms with E-state index in [1.54, 1.807) is 0 Å². The number of nitrogens with two attached hydrogens (primary N) is 1. The van der Waals surface area contributed by atoms with Crippen molar-refractivity contribution >= 4 is 0 Å². The molecule has 3 heteroatoms. The Balaban J connectivity index is 2.06. The van der Waals surface area contributed by atoms with E-state index in [-0.39, 0.29) is 12.1 Å². The van der Waals surface area contributed by atoms with Gasteiger partial charge in [0.05, 0.1) is 18.8 Å². The lowest BCUT2D eigenvalue weighted by Gasteiger charge is -2.24. The second kappa shape index (κ2) is 5.63. The van der Waals surface area contributed by atoms with Crippen LogP contribution in [0.15, 0.2) is 24.3 Å². The van der Waals surface area contributed by atoms with Gasteiger partial charge in [-0.3, -0.25) is 11.3 Å². The van der Waals surface area contributed by atoms with Crippen LogP contribution in [0.4, 0.5) is 0 Å². The Morgan fingerprint density at radius 2 is 2.18 bits per heavy atom. The average Bonchev–Trinajstić information content (AvgIpc) is 2.74. The second-order valence-corrected chi connectivity index (χ2v) is 5.00. The highest BCUT2D eigenvalue weighted by Gasteiger charge is 2.29. The number of fused-ring (bicyclic) bond motifs is 1. The van der Waals surface area contributed by atoms with Gasteiger partial charge in [-0.1, -0.05) is 24.3 Å². The minimum Gasteiger partial charge on any atom is -0.377 e. The lowest BCUT2D eigenvalue weighted by Crippen LogP contribution is -2.43. The molecule has 0 fully saturated rings. The molecule has 17 heavy (non-hydrogen) atoms. The van der Waals surface area contributed by atoms with Crippen molar-refractivity contribution in [1.29, 1.82) is 0 Å². The second-order valence-electron chi connectivity index (χ2n) is 5.00. The molecule has 1 aromatic carbocycles. The molecular weight excluding hydrogens is 212 g/mol. The number of nitrogens with one attached hydrogen (secondary N) is 1. The molecule has 0 spiro atoms. The highest BCUT2D eigenvalue weighted by atomic mass is 16.5. The normalized spacial score (nSPS) is 20.6. The molecule has 0 heterocycles. The minimum atomic E-state index is 0.209. The molecule has 1 aromatic rings. The van der Waals surface area contributed by atoms with Crippen LogP contribution in [0.5, 0.6) is 0 Å². The van der Waals surface area contributed by atoms with E-state index in [4.69, 9.17) is 10.6 Å². The number of hydrogen-bond acceptors (Lipinski definition) is 3. The fourth-order valence-corrected chi connectivity index (χ4v) is 2.58. The van der Waals surface area contributed by atoms with Crippen molar-refractivity contribution in [2.75, 3.05) is 6.61 Å². The van der Waals surface area contributed by atoms with E-state index in [0.717, 1.165) is 12.8 Å². The van der Waals surface area contributed by atoms with Crippen LogP contribution in [-0.2, 0) is 11.2 Å². The first kappa shape index (κ1) is 12.6. The Kier molecular flexibility index (Phi) is 4.15. The summed E-state index contributed by atoms with van der Waals surface area (Å²) >= 11 is 0. The molecule has 0 bridgehead atoms. The molecule has 2 unspecified atom stereocenters. The van der Waals surface area contributed by atoms with Crippen LogP contribution < -0.4 is 11.3 Å². The summed E-state index contributed by atoms with van der Waals surface area (Å²) < 4.78 is 5.68. The molecular formula is C14H22N2O. The van der Waals surface area contributed by atoms with Gasteiger partial charge in [-0.2, -0.15) is 0 Å². The van der Waals surface area contributed by atoms with Gasteiger partial charge in [-0.05, 0) is 37.8 Å². The first-order valence-corrected chi connectivity index (χ1v) is 6.38. The van der Waals surface area contributed by atoms with Crippen molar-refractivity contribution in [3.63, 3.8) is 0 Å². The molecule has 0 amide bonds. The Hall–Kier alpha value is -0.900. The van der Waals surface area contributed by atoms with Crippen LogP contribution in [0.1, 0.15) is 37.3 Å². The van der Waals surface area contributed by atoms with Gasteiger partial charge in [0.2, 0.25) is 0 Å². The van der Waals surface area contributed by atoms with Gasteiger partial charge in [0.1, 0.15) is 0 Å². The zero-order valence-electron chi connectivity index (χ0n) is 10.6. The average molecular weight is 234 g/mol.